The zero-order valence-corrected chi connectivity index (χ0v) is 11.5. The van der Waals surface area contributed by atoms with E-state index >= 15 is 0 Å². The van der Waals surface area contributed by atoms with Gasteiger partial charge in [0, 0.05) is 31.2 Å². The summed E-state index contributed by atoms with van der Waals surface area (Å²) in [7, 11) is 0. The van der Waals surface area contributed by atoms with E-state index in [9.17, 15) is 0 Å². The average Bonchev–Trinajstić information content (AvgIpc) is 2.25. The first-order valence-electron chi connectivity index (χ1n) is 6.65. The van der Waals surface area contributed by atoms with Crippen LogP contribution in [0.3, 0.4) is 0 Å². The second-order valence-electron chi connectivity index (χ2n) is 5.31. The lowest BCUT2D eigenvalue weighted by Crippen LogP contribution is -2.55. The van der Waals surface area contributed by atoms with E-state index < -0.39 is 0 Å². The highest BCUT2D eigenvalue weighted by molar-refractivity contribution is 4.83. The number of rotatable bonds is 5. The molecule has 96 valence electrons. The van der Waals surface area contributed by atoms with Crippen LogP contribution in [0.4, 0.5) is 0 Å². The quantitative estimate of drug-likeness (QED) is 0.777. The van der Waals surface area contributed by atoms with Crippen molar-refractivity contribution in [3.8, 4) is 0 Å². The van der Waals surface area contributed by atoms with E-state index in [1.807, 2.05) is 0 Å². The van der Waals surface area contributed by atoms with Crippen LogP contribution in [0.2, 0.25) is 0 Å². The van der Waals surface area contributed by atoms with E-state index in [0.29, 0.717) is 24.2 Å². The van der Waals surface area contributed by atoms with Gasteiger partial charge in [-0.3, -0.25) is 4.90 Å². The molecule has 0 spiro atoms. The molecule has 1 N–H and O–H groups in total. The minimum atomic E-state index is 0.379. The SMILES string of the molecule is CCC1COC(C)CN1C(C)CNC(C)C. The van der Waals surface area contributed by atoms with Crippen molar-refractivity contribution in [3.63, 3.8) is 0 Å². The van der Waals surface area contributed by atoms with Gasteiger partial charge in [0.05, 0.1) is 12.7 Å². The molecule has 0 aliphatic carbocycles. The average molecular weight is 228 g/mol. The molecule has 16 heavy (non-hydrogen) atoms. The minimum Gasteiger partial charge on any atom is -0.376 e. The Kier molecular flexibility index (Phi) is 5.73. The van der Waals surface area contributed by atoms with Crippen molar-refractivity contribution >= 4 is 0 Å². The lowest BCUT2D eigenvalue weighted by molar-refractivity contribution is -0.0696. The van der Waals surface area contributed by atoms with Crippen molar-refractivity contribution in [2.24, 2.45) is 0 Å². The Bertz CT molecular complexity index is 196. The van der Waals surface area contributed by atoms with Gasteiger partial charge in [0.15, 0.2) is 0 Å². The number of nitrogens with one attached hydrogen (secondary N) is 1. The van der Waals surface area contributed by atoms with Crippen molar-refractivity contribution in [3.05, 3.63) is 0 Å². The number of nitrogens with zero attached hydrogens (tertiary/aromatic N) is 1. The second kappa shape index (κ2) is 6.58. The van der Waals surface area contributed by atoms with E-state index in [1.165, 1.54) is 6.42 Å². The highest BCUT2D eigenvalue weighted by Crippen LogP contribution is 2.17. The minimum absolute atomic E-state index is 0.379. The maximum absolute atomic E-state index is 5.73. The highest BCUT2D eigenvalue weighted by Gasteiger charge is 2.28. The molecule has 3 unspecified atom stereocenters. The second-order valence-corrected chi connectivity index (χ2v) is 5.31. The van der Waals surface area contributed by atoms with Gasteiger partial charge in [0.1, 0.15) is 0 Å². The van der Waals surface area contributed by atoms with E-state index in [4.69, 9.17) is 4.74 Å². The molecule has 3 heteroatoms. The molecule has 0 saturated carbocycles. The molecule has 1 rings (SSSR count). The van der Waals surface area contributed by atoms with E-state index in [-0.39, 0.29) is 0 Å². The molecule has 0 bridgehead atoms. The molecule has 1 aliphatic rings. The smallest absolute Gasteiger partial charge is 0.0674 e. The lowest BCUT2D eigenvalue weighted by atomic mass is 10.1. The van der Waals surface area contributed by atoms with Crippen molar-refractivity contribution < 1.29 is 4.74 Å². The predicted molar refractivity (Wildman–Crippen MR) is 68.8 cm³/mol. The van der Waals surface area contributed by atoms with Crippen LogP contribution in [-0.4, -0.2) is 48.8 Å². The molecule has 0 aromatic carbocycles. The third kappa shape index (κ3) is 4.04. The summed E-state index contributed by atoms with van der Waals surface area (Å²) in [4.78, 5) is 2.60. The van der Waals surface area contributed by atoms with Gasteiger partial charge in [-0.05, 0) is 20.3 Å². The maximum Gasteiger partial charge on any atom is 0.0674 e. The fourth-order valence-corrected chi connectivity index (χ4v) is 2.29. The molecule has 1 heterocycles. The van der Waals surface area contributed by atoms with Crippen LogP contribution in [0.1, 0.15) is 41.0 Å². The number of morpholine rings is 1. The summed E-state index contributed by atoms with van der Waals surface area (Å²) in [6.07, 6.45) is 1.56. The Balaban J connectivity index is 2.46. The maximum atomic E-state index is 5.73. The van der Waals surface area contributed by atoms with Crippen molar-refractivity contribution in [1.82, 2.24) is 10.2 Å². The molecule has 1 saturated heterocycles. The Morgan fingerprint density at radius 3 is 2.62 bits per heavy atom. The third-order valence-corrected chi connectivity index (χ3v) is 3.37. The third-order valence-electron chi connectivity index (χ3n) is 3.37. The molecular formula is C13H28N2O. The molecule has 0 amide bonds. The van der Waals surface area contributed by atoms with Crippen LogP contribution in [0.15, 0.2) is 0 Å². The first-order valence-corrected chi connectivity index (χ1v) is 6.65. The summed E-state index contributed by atoms with van der Waals surface area (Å²) in [5.41, 5.74) is 0. The summed E-state index contributed by atoms with van der Waals surface area (Å²) >= 11 is 0. The first kappa shape index (κ1) is 13.9. The van der Waals surface area contributed by atoms with Crippen molar-refractivity contribution in [1.29, 1.82) is 0 Å². The molecule has 0 aromatic heterocycles. The van der Waals surface area contributed by atoms with Crippen LogP contribution in [0.25, 0.3) is 0 Å². The van der Waals surface area contributed by atoms with Crippen LogP contribution in [-0.2, 0) is 4.74 Å². The monoisotopic (exact) mass is 228 g/mol. The normalized spacial score (nSPS) is 29.6. The number of hydrogen-bond acceptors (Lipinski definition) is 3. The van der Waals surface area contributed by atoms with Crippen molar-refractivity contribution in [2.75, 3.05) is 19.7 Å². The van der Waals surface area contributed by atoms with E-state index in [1.54, 1.807) is 0 Å². The lowest BCUT2D eigenvalue weighted by Gasteiger charge is -2.42. The Hall–Kier alpha value is -0.120. The molecule has 3 nitrogen and oxygen atoms in total. The molecule has 1 aliphatic heterocycles. The van der Waals surface area contributed by atoms with Gasteiger partial charge in [-0.1, -0.05) is 20.8 Å². The van der Waals surface area contributed by atoms with Crippen molar-refractivity contribution in [2.45, 2.75) is 65.3 Å². The molecule has 0 radical (unpaired) electrons. The topological polar surface area (TPSA) is 24.5 Å². The molecule has 0 aromatic rings. The van der Waals surface area contributed by atoms with Gasteiger partial charge >= 0.3 is 0 Å². The van der Waals surface area contributed by atoms with Gasteiger partial charge in [0.25, 0.3) is 0 Å². The van der Waals surface area contributed by atoms with Gasteiger partial charge in [0.2, 0.25) is 0 Å². The zero-order chi connectivity index (χ0) is 12.1. The zero-order valence-electron chi connectivity index (χ0n) is 11.5. The standard InChI is InChI=1S/C13H28N2O/c1-6-13-9-16-12(5)8-15(13)11(4)7-14-10(2)3/h10-14H,6-9H2,1-5H3. The summed E-state index contributed by atoms with van der Waals surface area (Å²) in [5.74, 6) is 0. The Morgan fingerprint density at radius 2 is 2.06 bits per heavy atom. The van der Waals surface area contributed by atoms with E-state index in [0.717, 1.165) is 19.7 Å². The fraction of sp³-hybridized carbons (Fsp3) is 1.00. The van der Waals surface area contributed by atoms with Crippen LogP contribution < -0.4 is 5.32 Å². The predicted octanol–water partition coefficient (Wildman–Crippen LogP) is 1.87. The Morgan fingerprint density at radius 1 is 1.38 bits per heavy atom. The largest absolute Gasteiger partial charge is 0.376 e. The summed E-state index contributed by atoms with van der Waals surface area (Å²) < 4.78 is 5.73. The summed E-state index contributed by atoms with van der Waals surface area (Å²) in [5, 5.41) is 3.52. The van der Waals surface area contributed by atoms with Gasteiger partial charge in [-0.15, -0.1) is 0 Å². The molecular weight excluding hydrogens is 200 g/mol. The number of ether oxygens (including phenoxy) is 1. The number of hydrogen-bond donors (Lipinski definition) is 1. The van der Waals surface area contributed by atoms with Crippen LogP contribution in [0, 0.1) is 0 Å². The summed E-state index contributed by atoms with van der Waals surface area (Å²) in [6, 6.07) is 1.76. The van der Waals surface area contributed by atoms with Gasteiger partial charge < -0.3 is 10.1 Å². The van der Waals surface area contributed by atoms with Gasteiger partial charge in [-0.2, -0.15) is 0 Å². The van der Waals surface area contributed by atoms with Crippen LogP contribution >= 0.6 is 0 Å². The van der Waals surface area contributed by atoms with E-state index in [2.05, 4.69) is 44.8 Å². The summed E-state index contributed by atoms with van der Waals surface area (Å²) in [6.45, 7) is 14.2. The Labute approximate surface area is 101 Å². The first-order chi connectivity index (χ1) is 7.54. The molecule has 1 fully saturated rings. The van der Waals surface area contributed by atoms with Crippen LogP contribution in [0.5, 0.6) is 0 Å². The fourth-order valence-electron chi connectivity index (χ4n) is 2.29. The highest BCUT2D eigenvalue weighted by atomic mass is 16.5. The molecule has 3 atom stereocenters. The van der Waals surface area contributed by atoms with Gasteiger partial charge in [-0.25, -0.2) is 0 Å².